The molecule has 128 valence electrons. The van der Waals surface area contributed by atoms with Crippen molar-refractivity contribution in [3.63, 3.8) is 0 Å². The minimum absolute atomic E-state index is 0. The number of hydrogen-bond donors (Lipinski definition) is 2. The summed E-state index contributed by atoms with van der Waals surface area (Å²) >= 11 is 0. The monoisotopic (exact) mass is 349 g/mol. The lowest BCUT2D eigenvalue weighted by molar-refractivity contribution is -0.139. The van der Waals surface area contributed by atoms with Crippen LogP contribution in [0.5, 0.6) is 0 Å². The fourth-order valence-electron chi connectivity index (χ4n) is 2.15. The van der Waals surface area contributed by atoms with E-state index in [2.05, 4.69) is 5.32 Å². The molecule has 1 heterocycles. The van der Waals surface area contributed by atoms with E-state index in [0.717, 1.165) is 12.1 Å². The van der Waals surface area contributed by atoms with E-state index in [9.17, 15) is 18.4 Å². The second-order valence-corrected chi connectivity index (χ2v) is 4.85. The molecule has 6 nitrogen and oxygen atoms in total. The SMILES string of the molecule is Cl.NCC(=O)NCC(=O)N1CCOC(c2ccc(F)c(F)c2)C1. The Hall–Kier alpha value is -1.77. The van der Waals surface area contributed by atoms with E-state index in [-0.39, 0.29) is 44.6 Å². The fraction of sp³-hybridized carbons (Fsp3) is 0.429. The standard InChI is InChI=1S/C14H17F2N3O3.ClH/c15-10-2-1-9(5-11(10)16)12-8-19(3-4-22-12)14(21)7-18-13(20)6-17;/h1-2,5,12H,3-4,6-8,17H2,(H,18,20);1H. The molecule has 1 aromatic carbocycles. The zero-order chi connectivity index (χ0) is 16.1. The Labute approximate surface area is 138 Å². The highest BCUT2D eigenvalue weighted by atomic mass is 35.5. The molecule has 0 bridgehead atoms. The summed E-state index contributed by atoms with van der Waals surface area (Å²) in [6.45, 7) is 0.522. The van der Waals surface area contributed by atoms with E-state index in [0.29, 0.717) is 12.1 Å². The zero-order valence-electron chi connectivity index (χ0n) is 12.3. The van der Waals surface area contributed by atoms with E-state index >= 15 is 0 Å². The number of hydrogen-bond acceptors (Lipinski definition) is 4. The van der Waals surface area contributed by atoms with Gasteiger partial charge in [-0.1, -0.05) is 6.07 Å². The average Bonchev–Trinajstić information content (AvgIpc) is 2.54. The molecule has 23 heavy (non-hydrogen) atoms. The molecule has 0 aromatic heterocycles. The van der Waals surface area contributed by atoms with Crippen molar-refractivity contribution in [1.29, 1.82) is 0 Å². The van der Waals surface area contributed by atoms with Crippen LogP contribution in [0.1, 0.15) is 11.7 Å². The third-order valence-electron chi connectivity index (χ3n) is 3.36. The summed E-state index contributed by atoms with van der Waals surface area (Å²) in [5.41, 5.74) is 5.60. The molecule has 1 aliphatic rings. The van der Waals surface area contributed by atoms with Crippen molar-refractivity contribution in [2.75, 3.05) is 32.8 Å². The molecule has 0 saturated carbocycles. The van der Waals surface area contributed by atoms with Crippen LogP contribution < -0.4 is 11.1 Å². The number of carbonyl (C=O) groups is 2. The van der Waals surface area contributed by atoms with Crippen LogP contribution in [0.15, 0.2) is 18.2 Å². The Balaban J connectivity index is 0.00000264. The van der Waals surface area contributed by atoms with Crippen LogP contribution in [0.4, 0.5) is 8.78 Å². The van der Waals surface area contributed by atoms with Crippen molar-refractivity contribution < 1.29 is 23.1 Å². The predicted molar refractivity (Wildman–Crippen MR) is 80.9 cm³/mol. The Morgan fingerprint density at radius 1 is 1.35 bits per heavy atom. The van der Waals surface area contributed by atoms with Gasteiger partial charge in [0.1, 0.15) is 6.10 Å². The molecule has 2 amide bonds. The summed E-state index contributed by atoms with van der Waals surface area (Å²) in [4.78, 5) is 24.5. The first-order chi connectivity index (χ1) is 10.5. The smallest absolute Gasteiger partial charge is 0.242 e. The van der Waals surface area contributed by atoms with Gasteiger partial charge >= 0.3 is 0 Å². The van der Waals surface area contributed by atoms with Crippen molar-refractivity contribution in [3.05, 3.63) is 35.4 Å². The molecule has 1 atom stereocenters. The van der Waals surface area contributed by atoms with E-state index in [1.807, 2.05) is 0 Å². The number of rotatable bonds is 4. The van der Waals surface area contributed by atoms with E-state index in [4.69, 9.17) is 10.5 Å². The number of benzene rings is 1. The number of nitrogens with one attached hydrogen (secondary N) is 1. The summed E-state index contributed by atoms with van der Waals surface area (Å²) < 4.78 is 31.7. The maximum atomic E-state index is 13.3. The first kappa shape index (κ1) is 19.3. The lowest BCUT2D eigenvalue weighted by Crippen LogP contribution is -2.47. The highest BCUT2D eigenvalue weighted by Gasteiger charge is 2.26. The third-order valence-corrected chi connectivity index (χ3v) is 3.36. The number of ether oxygens (including phenoxy) is 1. The van der Waals surface area contributed by atoms with Crippen molar-refractivity contribution in [2.45, 2.75) is 6.10 Å². The fourth-order valence-corrected chi connectivity index (χ4v) is 2.15. The topological polar surface area (TPSA) is 84.7 Å². The van der Waals surface area contributed by atoms with Gasteiger partial charge in [0, 0.05) is 6.54 Å². The molecule has 2 rings (SSSR count). The predicted octanol–water partition coefficient (Wildman–Crippen LogP) is 0.361. The molecule has 1 saturated heterocycles. The normalized spacial score (nSPS) is 17.3. The largest absolute Gasteiger partial charge is 0.370 e. The van der Waals surface area contributed by atoms with Crippen molar-refractivity contribution in [1.82, 2.24) is 10.2 Å². The van der Waals surface area contributed by atoms with Crippen LogP contribution in [0.3, 0.4) is 0 Å². The Morgan fingerprint density at radius 3 is 2.74 bits per heavy atom. The van der Waals surface area contributed by atoms with Gasteiger partial charge in [-0.05, 0) is 17.7 Å². The number of halogens is 3. The number of carbonyl (C=O) groups excluding carboxylic acids is 2. The van der Waals surface area contributed by atoms with Crippen LogP contribution in [0, 0.1) is 11.6 Å². The summed E-state index contributed by atoms with van der Waals surface area (Å²) in [5.74, 6) is -2.59. The quantitative estimate of drug-likeness (QED) is 0.822. The second kappa shape index (κ2) is 8.76. The molecule has 1 unspecified atom stereocenters. The summed E-state index contributed by atoms with van der Waals surface area (Å²) in [6, 6.07) is 3.51. The van der Waals surface area contributed by atoms with Gasteiger partial charge in [0.05, 0.1) is 26.2 Å². The minimum Gasteiger partial charge on any atom is -0.370 e. The Kier molecular flexibility index (Phi) is 7.34. The van der Waals surface area contributed by atoms with Gasteiger partial charge < -0.3 is 20.7 Å². The third kappa shape index (κ3) is 5.12. The zero-order valence-corrected chi connectivity index (χ0v) is 13.1. The highest BCUT2D eigenvalue weighted by Crippen LogP contribution is 2.23. The lowest BCUT2D eigenvalue weighted by atomic mass is 10.1. The number of amides is 2. The maximum absolute atomic E-state index is 13.3. The molecule has 3 N–H and O–H groups in total. The Bertz CT molecular complexity index is 574. The summed E-state index contributed by atoms with van der Waals surface area (Å²) in [5, 5.41) is 2.40. The first-order valence-corrected chi connectivity index (χ1v) is 6.82. The number of nitrogens with two attached hydrogens (primary N) is 1. The number of nitrogens with zero attached hydrogens (tertiary/aromatic N) is 1. The van der Waals surface area contributed by atoms with Crippen LogP contribution in [-0.4, -0.2) is 49.5 Å². The molecule has 1 aromatic rings. The molecule has 0 aliphatic carbocycles. The van der Waals surface area contributed by atoms with Gasteiger partial charge in [0.25, 0.3) is 0 Å². The molecule has 0 radical (unpaired) electrons. The minimum atomic E-state index is -0.959. The molecular weight excluding hydrogens is 332 g/mol. The van der Waals surface area contributed by atoms with Crippen LogP contribution in [0.2, 0.25) is 0 Å². The molecule has 1 fully saturated rings. The van der Waals surface area contributed by atoms with Crippen LogP contribution in [0.25, 0.3) is 0 Å². The average molecular weight is 350 g/mol. The van der Waals surface area contributed by atoms with Crippen molar-refractivity contribution >= 4 is 24.2 Å². The van der Waals surface area contributed by atoms with Gasteiger partial charge in [-0.3, -0.25) is 9.59 Å². The van der Waals surface area contributed by atoms with Gasteiger partial charge in [-0.15, -0.1) is 12.4 Å². The summed E-state index contributed by atoms with van der Waals surface area (Å²) in [6.07, 6.45) is -0.530. The second-order valence-electron chi connectivity index (χ2n) is 4.85. The maximum Gasteiger partial charge on any atom is 0.242 e. The Morgan fingerprint density at radius 2 is 2.09 bits per heavy atom. The van der Waals surface area contributed by atoms with Gasteiger partial charge in [0.2, 0.25) is 11.8 Å². The van der Waals surface area contributed by atoms with Gasteiger partial charge in [0.15, 0.2) is 11.6 Å². The van der Waals surface area contributed by atoms with E-state index in [1.54, 1.807) is 0 Å². The van der Waals surface area contributed by atoms with Gasteiger partial charge in [-0.2, -0.15) is 0 Å². The van der Waals surface area contributed by atoms with Crippen molar-refractivity contribution in [2.24, 2.45) is 5.73 Å². The summed E-state index contributed by atoms with van der Waals surface area (Å²) in [7, 11) is 0. The van der Waals surface area contributed by atoms with E-state index in [1.165, 1.54) is 11.0 Å². The van der Waals surface area contributed by atoms with Crippen LogP contribution >= 0.6 is 12.4 Å². The molecule has 1 aliphatic heterocycles. The van der Waals surface area contributed by atoms with E-state index < -0.39 is 23.6 Å². The lowest BCUT2D eigenvalue weighted by Gasteiger charge is -2.33. The van der Waals surface area contributed by atoms with Crippen molar-refractivity contribution in [3.8, 4) is 0 Å². The molecule has 9 heteroatoms. The van der Waals surface area contributed by atoms with Gasteiger partial charge in [-0.25, -0.2) is 8.78 Å². The highest BCUT2D eigenvalue weighted by molar-refractivity contribution is 5.85. The first-order valence-electron chi connectivity index (χ1n) is 6.82. The molecular formula is C14H18ClF2N3O3. The number of morpholine rings is 1. The molecule has 0 spiro atoms. The van der Waals surface area contributed by atoms with Crippen LogP contribution in [-0.2, 0) is 14.3 Å².